The van der Waals surface area contributed by atoms with E-state index >= 15 is 0 Å². The van der Waals surface area contributed by atoms with Crippen LogP contribution in [0.25, 0.3) is 0 Å². The van der Waals surface area contributed by atoms with E-state index in [2.05, 4.69) is 10.6 Å². The molecule has 2 rings (SSSR count). The zero-order valence-electron chi connectivity index (χ0n) is 9.38. The Morgan fingerprint density at radius 1 is 1.33 bits per heavy atom. The van der Waals surface area contributed by atoms with Crippen LogP contribution in [0.2, 0.25) is 0 Å². The second-order valence-electron chi connectivity index (χ2n) is 3.86. The van der Waals surface area contributed by atoms with Gasteiger partial charge < -0.3 is 5.32 Å². The summed E-state index contributed by atoms with van der Waals surface area (Å²) in [6, 6.07) is 2.81. The van der Waals surface area contributed by atoms with Crippen LogP contribution in [0.5, 0.6) is 0 Å². The van der Waals surface area contributed by atoms with Gasteiger partial charge in [0, 0.05) is 18.7 Å². The van der Waals surface area contributed by atoms with Crippen molar-refractivity contribution < 1.29 is 14.4 Å². The normalized spacial score (nSPS) is 19.2. The number of imide groups is 1. The molecule has 0 radical (unpaired) electrons. The molecular formula is C11H11N3O4. The highest BCUT2D eigenvalue weighted by molar-refractivity contribution is 6.01. The van der Waals surface area contributed by atoms with Crippen LogP contribution in [0.1, 0.15) is 12.8 Å². The fraction of sp³-hybridized carbons (Fsp3) is 0.273. The van der Waals surface area contributed by atoms with Crippen molar-refractivity contribution in [1.82, 2.24) is 15.2 Å². The van der Waals surface area contributed by atoms with E-state index < -0.39 is 23.5 Å². The van der Waals surface area contributed by atoms with E-state index in [4.69, 9.17) is 0 Å². The highest BCUT2D eigenvalue weighted by Crippen LogP contribution is 2.04. The lowest BCUT2D eigenvalue weighted by Crippen LogP contribution is -2.53. The van der Waals surface area contributed by atoms with Crippen LogP contribution < -0.4 is 16.2 Å². The number of nitrogens with zero attached hydrogens (tertiary/aromatic N) is 1. The summed E-state index contributed by atoms with van der Waals surface area (Å²) in [5.41, 5.74) is -0.484. The molecule has 7 nitrogen and oxygen atoms in total. The van der Waals surface area contributed by atoms with Gasteiger partial charge in [-0.3, -0.25) is 19.7 Å². The van der Waals surface area contributed by atoms with E-state index in [9.17, 15) is 19.2 Å². The molecule has 2 N–H and O–H groups in total. The van der Waals surface area contributed by atoms with Crippen molar-refractivity contribution in [2.75, 3.05) is 0 Å². The number of carbonyl (C=O) groups is 3. The summed E-state index contributed by atoms with van der Waals surface area (Å²) < 4.78 is 0.865. The Hall–Kier alpha value is -2.44. The summed E-state index contributed by atoms with van der Waals surface area (Å²) in [7, 11) is 0. The average molecular weight is 249 g/mol. The number of hydrogen-bond donors (Lipinski definition) is 2. The van der Waals surface area contributed by atoms with E-state index in [-0.39, 0.29) is 18.7 Å². The van der Waals surface area contributed by atoms with Gasteiger partial charge in [0.05, 0.1) is 0 Å². The smallest absolute Gasteiger partial charge is 0.325 e. The van der Waals surface area contributed by atoms with Crippen molar-refractivity contribution in [3.8, 4) is 0 Å². The molecule has 1 unspecified atom stereocenters. The molecule has 1 atom stereocenters. The molecule has 3 amide bonds. The quantitative estimate of drug-likeness (QED) is 0.637. The maximum Gasteiger partial charge on any atom is 0.329 e. The number of pyridine rings is 1. The van der Waals surface area contributed by atoms with Crippen LogP contribution in [0.4, 0.5) is 4.79 Å². The van der Waals surface area contributed by atoms with Gasteiger partial charge in [0.1, 0.15) is 6.04 Å². The summed E-state index contributed by atoms with van der Waals surface area (Å²) in [5, 5.41) is 4.53. The van der Waals surface area contributed by atoms with Crippen molar-refractivity contribution in [3.05, 3.63) is 34.7 Å². The molecular weight excluding hydrogens is 238 g/mol. The Bertz CT molecular complexity index is 563. The Labute approximate surface area is 102 Å². The summed E-state index contributed by atoms with van der Waals surface area (Å²) >= 11 is 0. The van der Waals surface area contributed by atoms with Gasteiger partial charge in [0.2, 0.25) is 11.8 Å². The van der Waals surface area contributed by atoms with Crippen molar-refractivity contribution >= 4 is 17.8 Å². The van der Waals surface area contributed by atoms with E-state index in [1.54, 1.807) is 0 Å². The van der Waals surface area contributed by atoms with Crippen molar-refractivity contribution in [3.63, 3.8) is 0 Å². The minimum absolute atomic E-state index is 0.167. The first kappa shape index (κ1) is 12.0. The fourth-order valence-corrected chi connectivity index (χ4v) is 1.65. The predicted molar refractivity (Wildman–Crippen MR) is 60.8 cm³/mol. The average Bonchev–Trinajstić information content (AvgIpc) is 2.33. The zero-order chi connectivity index (χ0) is 13.1. The molecule has 1 aliphatic heterocycles. The Morgan fingerprint density at radius 3 is 2.78 bits per heavy atom. The van der Waals surface area contributed by atoms with E-state index in [0.717, 1.165) is 4.57 Å². The zero-order valence-corrected chi connectivity index (χ0v) is 9.38. The molecule has 1 aliphatic rings. The number of hydrogen-bond acceptors (Lipinski definition) is 4. The van der Waals surface area contributed by atoms with Crippen LogP contribution in [-0.4, -0.2) is 28.5 Å². The van der Waals surface area contributed by atoms with Crippen LogP contribution in [-0.2, 0) is 9.59 Å². The van der Waals surface area contributed by atoms with Crippen LogP contribution >= 0.6 is 0 Å². The van der Waals surface area contributed by atoms with Gasteiger partial charge in [-0.15, -0.1) is 0 Å². The summed E-state index contributed by atoms with van der Waals surface area (Å²) in [4.78, 5) is 45.5. The number of amides is 3. The molecule has 0 saturated carbocycles. The molecule has 1 aromatic heterocycles. The highest BCUT2D eigenvalue weighted by Gasteiger charge is 2.28. The first-order chi connectivity index (χ1) is 8.58. The van der Waals surface area contributed by atoms with Gasteiger partial charge in [-0.25, -0.2) is 9.36 Å². The van der Waals surface area contributed by atoms with Crippen molar-refractivity contribution in [2.45, 2.75) is 18.9 Å². The number of rotatable bonds is 1. The second kappa shape index (κ2) is 4.82. The minimum Gasteiger partial charge on any atom is -0.325 e. The number of piperidine rings is 1. The third-order valence-electron chi connectivity index (χ3n) is 2.58. The van der Waals surface area contributed by atoms with Crippen molar-refractivity contribution in [2.24, 2.45) is 0 Å². The van der Waals surface area contributed by atoms with E-state index in [0.29, 0.717) is 0 Å². The van der Waals surface area contributed by atoms with E-state index in [1.165, 1.54) is 24.4 Å². The Kier molecular flexibility index (Phi) is 3.22. The SMILES string of the molecule is O=C1CCC(NC(=O)n2ccccc2=O)C(=O)N1. The summed E-state index contributed by atoms with van der Waals surface area (Å²) in [6.07, 6.45) is 1.71. The van der Waals surface area contributed by atoms with Gasteiger partial charge in [0.15, 0.2) is 0 Å². The lowest BCUT2D eigenvalue weighted by atomic mass is 10.1. The molecule has 7 heteroatoms. The van der Waals surface area contributed by atoms with Gasteiger partial charge in [-0.2, -0.15) is 0 Å². The maximum absolute atomic E-state index is 11.7. The Balaban J connectivity index is 2.09. The molecule has 1 saturated heterocycles. The Morgan fingerprint density at radius 2 is 2.11 bits per heavy atom. The maximum atomic E-state index is 11.7. The highest BCUT2D eigenvalue weighted by atomic mass is 16.2. The lowest BCUT2D eigenvalue weighted by molar-refractivity contribution is -0.134. The molecule has 18 heavy (non-hydrogen) atoms. The largest absolute Gasteiger partial charge is 0.329 e. The molecule has 94 valence electrons. The minimum atomic E-state index is -0.790. The van der Waals surface area contributed by atoms with Gasteiger partial charge in [0.25, 0.3) is 5.56 Å². The van der Waals surface area contributed by atoms with Gasteiger partial charge in [-0.05, 0) is 12.5 Å². The standard InChI is InChI=1S/C11H11N3O4/c15-8-5-4-7(10(17)13-8)12-11(18)14-6-2-1-3-9(14)16/h1-3,6-7H,4-5H2,(H,12,18)(H,13,15,17). The van der Waals surface area contributed by atoms with Crippen molar-refractivity contribution in [1.29, 1.82) is 0 Å². The van der Waals surface area contributed by atoms with Crippen LogP contribution in [0, 0.1) is 0 Å². The topological polar surface area (TPSA) is 97.3 Å². The molecule has 2 heterocycles. The second-order valence-corrected chi connectivity index (χ2v) is 3.86. The van der Waals surface area contributed by atoms with E-state index in [1.807, 2.05) is 0 Å². The van der Waals surface area contributed by atoms with Crippen LogP contribution in [0.3, 0.4) is 0 Å². The third kappa shape index (κ3) is 2.45. The van der Waals surface area contributed by atoms with Crippen LogP contribution in [0.15, 0.2) is 29.2 Å². The predicted octanol–water partition coefficient (Wildman–Crippen LogP) is -0.789. The summed E-state index contributed by atoms with van der Waals surface area (Å²) in [5.74, 6) is -0.911. The molecule has 0 aromatic carbocycles. The van der Waals surface area contributed by atoms with Gasteiger partial charge >= 0.3 is 6.03 Å². The fourth-order valence-electron chi connectivity index (χ4n) is 1.65. The number of carbonyl (C=O) groups excluding carboxylic acids is 3. The number of aromatic nitrogens is 1. The molecule has 0 spiro atoms. The molecule has 0 aliphatic carbocycles. The monoisotopic (exact) mass is 249 g/mol. The molecule has 1 aromatic rings. The molecule has 1 fully saturated rings. The lowest BCUT2D eigenvalue weighted by Gasteiger charge is -2.21. The number of nitrogens with one attached hydrogen (secondary N) is 2. The first-order valence-electron chi connectivity index (χ1n) is 5.40. The van der Waals surface area contributed by atoms with Gasteiger partial charge in [-0.1, -0.05) is 6.07 Å². The third-order valence-corrected chi connectivity index (χ3v) is 2.58. The first-order valence-corrected chi connectivity index (χ1v) is 5.40. The summed E-state index contributed by atoms with van der Waals surface area (Å²) in [6.45, 7) is 0. The molecule has 0 bridgehead atoms.